The molecule has 15 heavy (non-hydrogen) atoms. The van der Waals surface area contributed by atoms with Crippen LogP contribution in [0, 0.1) is 0 Å². The molecule has 0 aromatic rings. The maximum Gasteiger partial charge on any atom is 0.212 e. The minimum Gasteiger partial charge on any atom is -0.394 e. The summed E-state index contributed by atoms with van der Waals surface area (Å²) in [7, 11) is -3.46. The number of alkyl halides is 1. The van der Waals surface area contributed by atoms with Gasteiger partial charge in [0.15, 0.2) is 0 Å². The summed E-state index contributed by atoms with van der Waals surface area (Å²) in [6.45, 7) is 0.544. The van der Waals surface area contributed by atoms with Crippen LogP contribution in [0.3, 0.4) is 0 Å². The molecule has 0 aliphatic rings. The summed E-state index contributed by atoms with van der Waals surface area (Å²) in [6.07, 6.45) is 1.09. The Bertz CT molecular complexity index is 264. The molecule has 92 valence electrons. The highest BCUT2D eigenvalue weighted by Crippen LogP contribution is 2.05. The Morgan fingerprint density at radius 2 is 1.80 bits per heavy atom. The van der Waals surface area contributed by atoms with E-state index in [2.05, 4.69) is 4.72 Å². The van der Waals surface area contributed by atoms with Gasteiger partial charge in [0.1, 0.15) is 0 Å². The number of hydrogen-bond acceptors (Lipinski definition) is 4. The molecule has 3 N–H and O–H groups in total. The fraction of sp³-hybridized carbons (Fsp3) is 1.00. The Morgan fingerprint density at radius 3 is 2.20 bits per heavy atom. The van der Waals surface area contributed by atoms with Gasteiger partial charge in [0.05, 0.1) is 24.5 Å². The van der Waals surface area contributed by atoms with Crippen molar-refractivity contribution in [1.82, 2.24) is 4.72 Å². The first-order valence-corrected chi connectivity index (χ1v) is 6.87. The smallest absolute Gasteiger partial charge is 0.212 e. The van der Waals surface area contributed by atoms with Crippen LogP contribution in [0.5, 0.6) is 0 Å². The summed E-state index contributed by atoms with van der Waals surface area (Å²) in [4.78, 5) is 0. The highest BCUT2D eigenvalue weighted by atomic mass is 35.5. The number of aliphatic hydroxyl groups is 2. The van der Waals surface area contributed by atoms with Crippen LogP contribution in [0.2, 0.25) is 0 Å². The van der Waals surface area contributed by atoms with Gasteiger partial charge in [0.2, 0.25) is 10.0 Å². The Kier molecular flexibility index (Phi) is 6.70. The van der Waals surface area contributed by atoms with E-state index in [0.29, 0.717) is 18.7 Å². The molecule has 0 aromatic heterocycles. The van der Waals surface area contributed by atoms with Gasteiger partial charge in [-0.05, 0) is 19.8 Å². The number of aliphatic hydroxyl groups excluding tert-OH is 2. The molecule has 0 rings (SSSR count). The monoisotopic (exact) mass is 259 g/mol. The lowest BCUT2D eigenvalue weighted by atomic mass is 10.1. The molecule has 0 aliphatic carbocycles. The summed E-state index contributed by atoms with van der Waals surface area (Å²) in [5.74, 6) is 0.377. The van der Waals surface area contributed by atoms with Gasteiger partial charge in [-0.2, -0.15) is 0 Å². The fourth-order valence-corrected chi connectivity index (χ4v) is 2.68. The van der Waals surface area contributed by atoms with Crippen molar-refractivity contribution in [2.75, 3.05) is 24.8 Å². The van der Waals surface area contributed by atoms with Crippen molar-refractivity contribution < 1.29 is 18.6 Å². The second-order valence-corrected chi connectivity index (χ2v) is 5.91. The molecule has 0 saturated carbocycles. The summed E-state index contributed by atoms with van der Waals surface area (Å²) >= 11 is 5.42. The summed E-state index contributed by atoms with van der Waals surface area (Å²) < 4.78 is 25.2. The van der Waals surface area contributed by atoms with E-state index < -0.39 is 28.8 Å². The van der Waals surface area contributed by atoms with Crippen LogP contribution >= 0.6 is 11.6 Å². The molecular weight excluding hydrogens is 242 g/mol. The second-order valence-electron chi connectivity index (χ2n) is 3.69. The molecule has 0 amide bonds. The van der Waals surface area contributed by atoms with Gasteiger partial charge in [-0.15, -0.1) is 11.6 Å². The van der Waals surface area contributed by atoms with Crippen LogP contribution in [0.1, 0.15) is 19.8 Å². The first-order valence-electron chi connectivity index (χ1n) is 4.68. The molecule has 7 heteroatoms. The molecule has 0 spiro atoms. The Hall–Kier alpha value is 0.120. The van der Waals surface area contributed by atoms with Gasteiger partial charge in [-0.25, -0.2) is 13.1 Å². The van der Waals surface area contributed by atoms with Crippen LogP contribution in [0.15, 0.2) is 0 Å². The topological polar surface area (TPSA) is 86.6 Å². The van der Waals surface area contributed by atoms with E-state index in [9.17, 15) is 8.42 Å². The van der Waals surface area contributed by atoms with Crippen molar-refractivity contribution in [3.8, 4) is 0 Å². The normalized spacial score (nSPS) is 13.1. The van der Waals surface area contributed by atoms with Gasteiger partial charge < -0.3 is 10.2 Å². The number of sulfonamides is 1. The molecule has 5 nitrogen and oxygen atoms in total. The van der Waals surface area contributed by atoms with Gasteiger partial charge in [0.25, 0.3) is 0 Å². The van der Waals surface area contributed by atoms with E-state index in [-0.39, 0.29) is 5.75 Å². The van der Waals surface area contributed by atoms with E-state index in [0.717, 1.165) is 0 Å². The highest BCUT2D eigenvalue weighted by molar-refractivity contribution is 7.89. The third-order valence-electron chi connectivity index (χ3n) is 1.90. The van der Waals surface area contributed by atoms with Crippen molar-refractivity contribution in [2.24, 2.45) is 0 Å². The largest absolute Gasteiger partial charge is 0.394 e. The summed E-state index contributed by atoms with van der Waals surface area (Å²) in [5, 5.41) is 17.8. The van der Waals surface area contributed by atoms with E-state index in [1.165, 1.54) is 6.92 Å². The maximum atomic E-state index is 11.5. The molecule has 0 radical (unpaired) electrons. The number of rotatable bonds is 8. The lowest BCUT2D eigenvalue weighted by Crippen LogP contribution is -2.52. The van der Waals surface area contributed by atoms with Crippen molar-refractivity contribution in [2.45, 2.75) is 25.3 Å². The minimum atomic E-state index is -3.46. The average molecular weight is 260 g/mol. The van der Waals surface area contributed by atoms with Gasteiger partial charge in [-0.3, -0.25) is 0 Å². The Morgan fingerprint density at radius 1 is 1.27 bits per heavy atom. The van der Waals surface area contributed by atoms with Crippen molar-refractivity contribution in [1.29, 1.82) is 0 Å². The van der Waals surface area contributed by atoms with Gasteiger partial charge >= 0.3 is 0 Å². The Balaban J connectivity index is 4.24. The van der Waals surface area contributed by atoms with E-state index in [1.54, 1.807) is 0 Å². The molecule has 0 aromatic carbocycles. The number of nitrogens with one attached hydrogen (secondary N) is 1. The highest BCUT2D eigenvalue weighted by Gasteiger charge is 2.27. The van der Waals surface area contributed by atoms with Crippen LogP contribution in [0.25, 0.3) is 0 Å². The quantitative estimate of drug-likeness (QED) is 0.411. The fourth-order valence-electron chi connectivity index (χ4n) is 0.928. The molecule has 0 atom stereocenters. The molecule has 0 saturated heterocycles. The molecule has 0 fully saturated rings. The van der Waals surface area contributed by atoms with E-state index in [4.69, 9.17) is 21.8 Å². The zero-order valence-electron chi connectivity index (χ0n) is 8.74. The number of hydrogen-bond donors (Lipinski definition) is 3. The lowest BCUT2D eigenvalue weighted by molar-refractivity contribution is 0.122. The van der Waals surface area contributed by atoms with E-state index >= 15 is 0 Å². The van der Waals surface area contributed by atoms with Gasteiger partial charge in [-0.1, -0.05) is 0 Å². The third kappa shape index (κ3) is 6.32. The predicted molar refractivity (Wildman–Crippen MR) is 59.5 cm³/mol. The first-order chi connectivity index (χ1) is 6.89. The molecular formula is C8H18ClNO4S. The zero-order valence-corrected chi connectivity index (χ0v) is 10.3. The minimum absolute atomic E-state index is 0.0463. The van der Waals surface area contributed by atoms with E-state index in [1.807, 2.05) is 0 Å². The van der Waals surface area contributed by atoms with Crippen LogP contribution in [-0.2, 0) is 10.0 Å². The molecule has 0 unspecified atom stereocenters. The SMILES string of the molecule is CC(CO)(CO)NS(=O)(=O)CCCCCl. The number of unbranched alkanes of at least 4 members (excludes halogenated alkanes) is 1. The maximum absolute atomic E-state index is 11.5. The van der Waals surface area contributed by atoms with Crippen molar-refractivity contribution >= 4 is 21.6 Å². The summed E-state index contributed by atoms with van der Waals surface area (Å²) in [6, 6.07) is 0. The first kappa shape index (κ1) is 15.1. The van der Waals surface area contributed by atoms with Crippen molar-refractivity contribution in [3.05, 3.63) is 0 Å². The van der Waals surface area contributed by atoms with Crippen LogP contribution < -0.4 is 4.72 Å². The van der Waals surface area contributed by atoms with Crippen LogP contribution in [-0.4, -0.2) is 49.0 Å². The average Bonchev–Trinajstić information content (AvgIpc) is 2.17. The predicted octanol–water partition coefficient (Wildman–Crippen LogP) is -0.332. The Labute approximate surface area is 95.5 Å². The third-order valence-corrected chi connectivity index (χ3v) is 3.79. The second kappa shape index (κ2) is 6.65. The standard InChI is InChI=1S/C8H18ClNO4S/c1-8(6-11,7-12)10-15(13,14)5-3-2-4-9/h10-12H,2-7H2,1H3. The molecule has 0 aliphatic heterocycles. The molecule has 0 heterocycles. The van der Waals surface area contributed by atoms with Gasteiger partial charge in [0, 0.05) is 5.88 Å². The molecule has 0 bridgehead atoms. The lowest BCUT2D eigenvalue weighted by Gasteiger charge is -2.25. The van der Waals surface area contributed by atoms with Crippen LogP contribution in [0.4, 0.5) is 0 Å². The summed E-state index contributed by atoms with van der Waals surface area (Å²) in [5.41, 5.74) is -1.19. The van der Waals surface area contributed by atoms with Crippen molar-refractivity contribution in [3.63, 3.8) is 0 Å². The number of halogens is 1. The zero-order chi connectivity index (χ0) is 11.9.